The van der Waals surface area contributed by atoms with E-state index in [2.05, 4.69) is 4.98 Å². The highest BCUT2D eigenvalue weighted by molar-refractivity contribution is 5.73. The third-order valence-electron chi connectivity index (χ3n) is 1.39. The number of hydrogen-bond donors (Lipinski definition) is 1. The van der Waals surface area contributed by atoms with Crippen LogP contribution in [0.4, 0.5) is 13.2 Å². The molecule has 0 bridgehead atoms. The average molecular weight is 191 g/mol. The number of hydrogen-bond acceptors (Lipinski definition) is 3. The van der Waals surface area contributed by atoms with Crippen molar-refractivity contribution < 1.29 is 23.1 Å². The fraction of sp³-hybridized carbons (Fsp3) is 0.143. The van der Waals surface area contributed by atoms with Crippen molar-refractivity contribution in [1.29, 1.82) is 0 Å². The van der Waals surface area contributed by atoms with Gasteiger partial charge < -0.3 is 5.11 Å². The lowest BCUT2D eigenvalue weighted by Gasteiger charge is -2.04. The summed E-state index contributed by atoms with van der Waals surface area (Å²) in [6.45, 7) is 0. The van der Waals surface area contributed by atoms with Crippen LogP contribution in [0.1, 0.15) is 22.5 Å². The van der Waals surface area contributed by atoms with E-state index in [4.69, 9.17) is 5.11 Å². The summed E-state index contributed by atoms with van der Waals surface area (Å²) < 4.78 is 37.0. The second-order valence-corrected chi connectivity index (χ2v) is 2.17. The van der Waals surface area contributed by atoms with Crippen molar-refractivity contribution in [1.82, 2.24) is 4.98 Å². The first-order valence-electron chi connectivity index (χ1n) is 3.18. The van der Waals surface area contributed by atoms with Crippen LogP contribution in [0.3, 0.4) is 0 Å². The molecule has 0 aliphatic carbocycles. The minimum absolute atomic E-state index is 0.000648. The van der Waals surface area contributed by atoms with E-state index in [1.165, 1.54) is 0 Å². The molecular weight excluding hydrogens is 187 g/mol. The molecule has 13 heavy (non-hydrogen) atoms. The van der Waals surface area contributed by atoms with Gasteiger partial charge in [-0.05, 0) is 0 Å². The van der Waals surface area contributed by atoms with E-state index < -0.39 is 29.2 Å². The third-order valence-corrected chi connectivity index (χ3v) is 1.39. The highest BCUT2D eigenvalue weighted by atomic mass is 19.3. The Bertz CT molecular complexity index is 341. The predicted octanol–water partition coefficient (Wildman–Crippen LogP) is 1.68. The number of carbonyl (C=O) groups excluding carboxylic acids is 1. The number of aromatic hydroxyl groups is 1. The Morgan fingerprint density at radius 3 is 2.62 bits per heavy atom. The first-order chi connectivity index (χ1) is 6.07. The molecule has 1 aromatic rings. The number of alkyl halides is 2. The first kappa shape index (κ1) is 9.50. The minimum atomic E-state index is -3.18. The lowest BCUT2D eigenvalue weighted by molar-refractivity contribution is 0.111. The van der Waals surface area contributed by atoms with Crippen LogP contribution in [0.2, 0.25) is 0 Å². The SMILES string of the molecule is O=Cc1ncc(O)c(C(F)F)c1F. The largest absolute Gasteiger partial charge is 0.506 e. The lowest BCUT2D eigenvalue weighted by atomic mass is 10.2. The fourth-order valence-electron chi connectivity index (χ4n) is 0.797. The van der Waals surface area contributed by atoms with Crippen LogP contribution in [0, 0.1) is 5.82 Å². The summed E-state index contributed by atoms with van der Waals surface area (Å²) in [5.41, 5.74) is -1.94. The van der Waals surface area contributed by atoms with Crippen molar-refractivity contribution in [3.63, 3.8) is 0 Å². The fourth-order valence-corrected chi connectivity index (χ4v) is 0.797. The molecule has 0 spiro atoms. The van der Waals surface area contributed by atoms with Crippen molar-refractivity contribution in [3.05, 3.63) is 23.3 Å². The van der Waals surface area contributed by atoms with Gasteiger partial charge in [-0.3, -0.25) is 4.79 Å². The van der Waals surface area contributed by atoms with E-state index >= 15 is 0 Å². The number of pyridine rings is 1. The van der Waals surface area contributed by atoms with Gasteiger partial charge in [0.1, 0.15) is 11.4 Å². The number of aromatic nitrogens is 1. The summed E-state index contributed by atoms with van der Waals surface area (Å²) in [6.07, 6.45) is -2.57. The smallest absolute Gasteiger partial charge is 0.270 e. The second-order valence-electron chi connectivity index (χ2n) is 2.17. The van der Waals surface area contributed by atoms with Crippen molar-refractivity contribution in [2.75, 3.05) is 0 Å². The van der Waals surface area contributed by atoms with Gasteiger partial charge in [0.15, 0.2) is 12.1 Å². The van der Waals surface area contributed by atoms with E-state index in [-0.39, 0.29) is 6.29 Å². The number of carbonyl (C=O) groups is 1. The number of rotatable bonds is 2. The first-order valence-corrected chi connectivity index (χ1v) is 3.18. The van der Waals surface area contributed by atoms with E-state index in [9.17, 15) is 18.0 Å². The molecule has 0 unspecified atom stereocenters. The zero-order valence-corrected chi connectivity index (χ0v) is 6.17. The Kier molecular flexibility index (Phi) is 2.50. The summed E-state index contributed by atoms with van der Waals surface area (Å²) in [7, 11) is 0. The molecule has 0 aliphatic rings. The molecule has 0 radical (unpaired) electrons. The van der Waals surface area contributed by atoms with Crippen LogP contribution in [-0.2, 0) is 0 Å². The molecule has 1 rings (SSSR count). The van der Waals surface area contributed by atoms with Crippen molar-refractivity contribution >= 4 is 6.29 Å². The summed E-state index contributed by atoms with van der Waals surface area (Å²) in [6, 6.07) is 0. The number of nitrogens with zero attached hydrogens (tertiary/aromatic N) is 1. The molecule has 0 amide bonds. The number of halogens is 3. The van der Waals surface area contributed by atoms with Gasteiger partial charge in [0.2, 0.25) is 0 Å². The molecule has 0 fully saturated rings. The zero-order valence-electron chi connectivity index (χ0n) is 6.17. The molecule has 1 heterocycles. The van der Waals surface area contributed by atoms with Gasteiger partial charge in [-0.15, -0.1) is 0 Å². The Hall–Kier alpha value is -1.59. The minimum Gasteiger partial charge on any atom is -0.506 e. The van der Waals surface area contributed by atoms with Crippen molar-refractivity contribution in [2.45, 2.75) is 6.43 Å². The highest BCUT2D eigenvalue weighted by Gasteiger charge is 2.21. The summed E-state index contributed by atoms with van der Waals surface area (Å²) >= 11 is 0. The summed E-state index contributed by atoms with van der Waals surface area (Å²) in [5, 5.41) is 8.78. The monoisotopic (exact) mass is 191 g/mol. The Morgan fingerprint density at radius 1 is 1.54 bits per heavy atom. The Morgan fingerprint density at radius 2 is 2.15 bits per heavy atom. The molecule has 6 heteroatoms. The molecule has 0 aliphatic heterocycles. The average Bonchev–Trinajstić information content (AvgIpc) is 2.04. The summed E-state index contributed by atoms with van der Waals surface area (Å²) in [4.78, 5) is 13.2. The highest BCUT2D eigenvalue weighted by Crippen LogP contribution is 2.30. The van der Waals surface area contributed by atoms with Crippen LogP contribution < -0.4 is 0 Å². The molecule has 1 N–H and O–H groups in total. The topological polar surface area (TPSA) is 50.2 Å². The van der Waals surface area contributed by atoms with Gasteiger partial charge in [0, 0.05) is 0 Å². The number of aldehydes is 1. The van der Waals surface area contributed by atoms with Gasteiger partial charge in [-0.25, -0.2) is 18.2 Å². The molecule has 3 nitrogen and oxygen atoms in total. The van der Waals surface area contributed by atoms with Crippen molar-refractivity contribution in [3.8, 4) is 5.75 Å². The molecule has 0 saturated carbocycles. The normalized spacial score (nSPS) is 10.5. The predicted molar refractivity (Wildman–Crippen MR) is 36.2 cm³/mol. The quantitative estimate of drug-likeness (QED) is 0.723. The van der Waals surface area contributed by atoms with E-state index in [0.29, 0.717) is 6.20 Å². The lowest BCUT2D eigenvalue weighted by Crippen LogP contribution is -1.99. The van der Waals surface area contributed by atoms with Crippen LogP contribution in [-0.4, -0.2) is 16.4 Å². The van der Waals surface area contributed by atoms with Crippen LogP contribution in [0.25, 0.3) is 0 Å². The maximum absolute atomic E-state index is 12.9. The third kappa shape index (κ3) is 1.61. The van der Waals surface area contributed by atoms with Gasteiger partial charge in [-0.1, -0.05) is 0 Å². The van der Waals surface area contributed by atoms with Gasteiger partial charge in [-0.2, -0.15) is 0 Å². The molecule has 1 aromatic heterocycles. The van der Waals surface area contributed by atoms with E-state index in [1.54, 1.807) is 0 Å². The van der Waals surface area contributed by atoms with Crippen LogP contribution >= 0.6 is 0 Å². The standard InChI is InChI=1S/C7H4F3NO2/c8-6-3(2-12)11-1-4(13)5(6)7(9)10/h1-2,7,13H. The van der Waals surface area contributed by atoms with Gasteiger partial charge in [0.25, 0.3) is 6.43 Å². The van der Waals surface area contributed by atoms with Crippen LogP contribution in [0.5, 0.6) is 5.75 Å². The Balaban J connectivity index is 3.38. The molecular formula is C7H4F3NO2. The molecule has 0 atom stereocenters. The maximum atomic E-state index is 12.9. The van der Waals surface area contributed by atoms with Gasteiger partial charge >= 0.3 is 0 Å². The molecule has 0 saturated heterocycles. The second kappa shape index (κ2) is 3.42. The zero-order chi connectivity index (χ0) is 10.0. The van der Waals surface area contributed by atoms with Crippen molar-refractivity contribution in [2.24, 2.45) is 0 Å². The van der Waals surface area contributed by atoms with Gasteiger partial charge in [0.05, 0.1) is 11.8 Å². The van der Waals surface area contributed by atoms with E-state index in [0.717, 1.165) is 0 Å². The maximum Gasteiger partial charge on any atom is 0.270 e. The molecule has 0 aromatic carbocycles. The summed E-state index contributed by atoms with van der Waals surface area (Å²) in [5.74, 6) is -2.44. The Labute approximate surface area is 70.8 Å². The van der Waals surface area contributed by atoms with E-state index in [1.807, 2.05) is 0 Å². The molecule has 70 valence electrons. The van der Waals surface area contributed by atoms with Crippen LogP contribution in [0.15, 0.2) is 6.20 Å².